The second kappa shape index (κ2) is 8.56. The van der Waals surface area contributed by atoms with Gasteiger partial charge in [-0.3, -0.25) is 14.9 Å². The number of carboxylic acids is 2. The highest BCUT2D eigenvalue weighted by Gasteiger charge is 2.48. The molecular weight excluding hydrogens is 360 g/mol. The fourth-order valence-electron chi connectivity index (χ4n) is 4.20. The Balaban J connectivity index is 1.66. The van der Waals surface area contributed by atoms with Crippen LogP contribution in [0.4, 0.5) is 0 Å². The summed E-state index contributed by atoms with van der Waals surface area (Å²) >= 11 is 0. The average Bonchev–Trinajstić information content (AvgIpc) is 3.26. The number of aryl methyl sites for hydroxylation is 1. The van der Waals surface area contributed by atoms with Crippen molar-refractivity contribution in [2.75, 3.05) is 0 Å². The number of carbonyl (C=O) groups is 3. The number of amides is 1. The van der Waals surface area contributed by atoms with Gasteiger partial charge in [-0.15, -0.1) is 0 Å². The molecule has 0 saturated carbocycles. The summed E-state index contributed by atoms with van der Waals surface area (Å²) in [4.78, 5) is 37.7. The molecule has 7 nitrogen and oxygen atoms in total. The monoisotopic (exact) mass is 386 g/mol. The van der Waals surface area contributed by atoms with Crippen LogP contribution in [-0.4, -0.2) is 57.1 Å². The Morgan fingerprint density at radius 2 is 1.93 bits per heavy atom. The van der Waals surface area contributed by atoms with E-state index in [1.165, 1.54) is 4.90 Å². The molecule has 1 aromatic carbocycles. The number of hydrogen-bond donors (Lipinski definition) is 3. The Bertz CT molecular complexity index is 763. The number of aliphatic carboxylic acids is 2. The number of fused-ring (bicyclic) bond motifs is 1. The van der Waals surface area contributed by atoms with E-state index in [1.807, 2.05) is 42.5 Å². The molecule has 3 N–H and O–H groups in total. The summed E-state index contributed by atoms with van der Waals surface area (Å²) in [5.74, 6) is -2.27. The van der Waals surface area contributed by atoms with Gasteiger partial charge >= 0.3 is 11.9 Å². The van der Waals surface area contributed by atoms with Gasteiger partial charge in [-0.1, -0.05) is 42.5 Å². The average molecular weight is 386 g/mol. The predicted octanol–water partition coefficient (Wildman–Crippen LogP) is 1.68. The Hall–Kier alpha value is -2.67. The van der Waals surface area contributed by atoms with Crippen molar-refractivity contribution < 1.29 is 24.6 Å². The van der Waals surface area contributed by atoms with Crippen molar-refractivity contribution in [2.45, 2.75) is 56.8 Å². The van der Waals surface area contributed by atoms with E-state index >= 15 is 0 Å². The van der Waals surface area contributed by atoms with Crippen LogP contribution in [-0.2, 0) is 20.8 Å². The second-order valence-electron chi connectivity index (χ2n) is 7.55. The molecule has 28 heavy (non-hydrogen) atoms. The quantitative estimate of drug-likeness (QED) is 0.587. The predicted molar refractivity (Wildman–Crippen MR) is 103 cm³/mol. The zero-order valence-electron chi connectivity index (χ0n) is 15.8. The standard InChI is InChI=1S/C21H26N2O5/c1-13(22-16(20(25)26)11-10-14-6-3-2-4-7-14)19(24)23-17-9-5-8-15(17)12-18(23)21(27)28/h2-7,9,13,15-18,22H,8,10-12H2,1H3,(H,25,26)(H,27,28)/t13-,15?,16-,17?,18?/m0/s1. The normalized spacial score (nSPS) is 25.3. The second-order valence-corrected chi connectivity index (χ2v) is 7.55. The number of allylic oxidation sites excluding steroid dienone is 1. The number of likely N-dealkylation sites (tertiary alicyclic amines) is 1. The summed E-state index contributed by atoms with van der Waals surface area (Å²) in [6.07, 6.45) is 5.98. The van der Waals surface area contributed by atoms with Crippen molar-refractivity contribution in [3.8, 4) is 0 Å². The van der Waals surface area contributed by atoms with Gasteiger partial charge in [0.05, 0.1) is 12.1 Å². The molecule has 150 valence electrons. The molecule has 3 unspecified atom stereocenters. The highest BCUT2D eigenvalue weighted by atomic mass is 16.4. The molecule has 1 fully saturated rings. The minimum absolute atomic E-state index is 0.130. The third-order valence-corrected chi connectivity index (χ3v) is 5.66. The van der Waals surface area contributed by atoms with Crippen LogP contribution in [0, 0.1) is 5.92 Å². The Labute approximate surface area is 164 Å². The lowest BCUT2D eigenvalue weighted by Crippen LogP contribution is -2.55. The van der Waals surface area contributed by atoms with Gasteiger partial charge < -0.3 is 15.1 Å². The highest BCUT2D eigenvalue weighted by molar-refractivity contribution is 5.88. The van der Waals surface area contributed by atoms with E-state index < -0.39 is 30.1 Å². The van der Waals surface area contributed by atoms with Gasteiger partial charge in [-0.25, -0.2) is 4.79 Å². The van der Waals surface area contributed by atoms with E-state index in [2.05, 4.69) is 5.32 Å². The van der Waals surface area contributed by atoms with Crippen LogP contribution in [0.3, 0.4) is 0 Å². The van der Waals surface area contributed by atoms with E-state index in [0.717, 1.165) is 12.0 Å². The van der Waals surface area contributed by atoms with Crippen LogP contribution < -0.4 is 5.32 Å². The van der Waals surface area contributed by atoms with Crippen LogP contribution in [0.5, 0.6) is 0 Å². The number of nitrogens with zero attached hydrogens (tertiary/aromatic N) is 1. The molecule has 0 aromatic heterocycles. The molecule has 0 spiro atoms. The summed E-state index contributed by atoms with van der Waals surface area (Å²) in [7, 11) is 0. The third-order valence-electron chi connectivity index (χ3n) is 5.66. The lowest BCUT2D eigenvalue weighted by atomic mass is 10.0. The fraction of sp³-hybridized carbons (Fsp3) is 0.476. The first-order valence-electron chi connectivity index (χ1n) is 9.63. The fourth-order valence-corrected chi connectivity index (χ4v) is 4.20. The number of carbonyl (C=O) groups excluding carboxylic acids is 1. The molecule has 1 saturated heterocycles. The SMILES string of the molecule is C[C@H](N[C@@H](CCc1ccccc1)C(=O)O)C(=O)N1C(C(=O)O)CC2CC=CC21. The molecule has 7 heteroatoms. The Morgan fingerprint density at radius 3 is 2.57 bits per heavy atom. The van der Waals surface area contributed by atoms with Gasteiger partial charge in [-0.2, -0.15) is 0 Å². The first kappa shape index (κ1) is 20.1. The molecule has 1 aromatic rings. The van der Waals surface area contributed by atoms with Crippen LogP contribution in [0.2, 0.25) is 0 Å². The molecule has 0 radical (unpaired) electrons. The molecule has 2 aliphatic rings. The maximum Gasteiger partial charge on any atom is 0.326 e. The van der Waals surface area contributed by atoms with Gasteiger partial charge in [0.15, 0.2) is 0 Å². The van der Waals surface area contributed by atoms with Crippen molar-refractivity contribution in [1.82, 2.24) is 10.2 Å². The van der Waals surface area contributed by atoms with E-state index in [-0.39, 0.29) is 17.9 Å². The molecule has 0 bridgehead atoms. The smallest absolute Gasteiger partial charge is 0.326 e. The molecule has 1 amide bonds. The summed E-state index contributed by atoms with van der Waals surface area (Å²) in [6.45, 7) is 1.60. The summed E-state index contributed by atoms with van der Waals surface area (Å²) in [5, 5.41) is 22.0. The Morgan fingerprint density at radius 1 is 1.21 bits per heavy atom. The third kappa shape index (κ3) is 4.25. The van der Waals surface area contributed by atoms with Crippen molar-refractivity contribution >= 4 is 17.8 Å². The molecule has 1 aliphatic carbocycles. The number of rotatable bonds is 8. The molecule has 1 aliphatic heterocycles. The topological polar surface area (TPSA) is 107 Å². The first-order chi connectivity index (χ1) is 13.4. The van der Waals surface area contributed by atoms with Crippen LogP contribution >= 0.6 is 0 Å². The summed E-state index contributed by atoms with van der Waals surface area (Å²) in [5.41, 5.74) is 1.03. The van der Waals surface area contributed by atoms with Crippen molar-refractivity contribution in [3.05, 3.63) is 48.0 Å². The van der Waals surface area contributed by atoms with Crippen LogP contribution in [0.1, 0.15) is 31.7 Å². The lowest BCUT2D eigenvalue weighted by Gasteiger charge is -2.30. The van der Waals surface area contributed by atoms with E-state index in [4.69, 9.17) is 0 Å². The number of carboxylic acid groups (broad SMARTS) is 2. The first-order valence-corrected chi connectivity index (χ1v) is 9.63. The van der Waals surface area contributed by atoms with E-state index in [0.29, 0.717) is 19.3 Å². The lowest BCUT2D eigenvalue weighted by molar-refractivity contribution is -0.150. The number of benzene rings is 1. The molecule has 3 rings (SSSR count). The van der Waals surface area contributed by atoms with E-state index in [9.17, 15) is 24.6 Å². The summed E-state index contributed by atoms with van der Waals surface area (Å²) < 4.78 is 0. The maximum absolute atomic E-state index is 13.0. The van der Waals surface area contributed by atoms with Gasteiger partial charge in [0.1, 0.15) is 12.1 Å². The number of hydrogen-bond acceptors (Lipinski definition) is 4. The zero-order valence-corrected chi connectivity index (χ0v) is 15.8. The van der Waals surface area contributed by atoms with Gasteiger partial charge in [-0.05, 0) is 44.1 Å². The van der Waals surface area contributed by atoms with Crippen molar-refractivity contribution in [1.29, 1.82) is 0 Å². The molecule has 5 atom stereocenters. The summed E-state index contributed by atoms with van der Waals surface area (Å²) in [6, 6.07) is 6.81. The molecule has 1 heterocycles. The highest BCUT2D eigenvalue weighted by Crippen LogP contribution is 2.37. The van der Waals surface area contributed by atoms with Crippen LogP contribution in [0.15, 0.2) is 42.5 Å². The van der Waals surface area contributed by atoms with Crippen molar-refractivity contribution in [3.63, 3.8) is 0 Å². The van der Waals surface area contributed by atoms with Gasteiger partial charge in [0, 0.05) is 0 Å². The number of nitrogens with one attached hydrogen (secondary N) is 1. The van der Waals surface area contributed by atoms with Gasteiger partial charge in [0.25, 0.3) is 0 Å². The molecular formula is C21H26N2O5. The maximum atomic E-state index is 13.0. The zero-order chi connectivity index (χ0) is 20.3. The van der Waals surface area contributed by atoms with Gasteiger partial charge in [0.2, 0.25) is 5.91 Å². The minimum Gasteiger partial charge on any atom is -0.480 e. The van der Waals surface area contributed by atoms with Crippen LogP contribution in [0.25, 0.3) is 0 Å². The minimum atomic E-state index is -1.02. The Kier molecular flexibility index (Phi) is 6.14. The largest absolute Gasteiger partial charge is 0.480 e. The van der Waals surface area contributed by atoms with E-state index in [1.54, 1.807) is 6.92 Å². The van der Waals surface area contributed by atoms with Crippen molar-refractivity contribution in [2.24, 2.45) is 5.92 Å².